The smallest absolute Gasteiger partial charge is 0.321 e. The SMILES string of the molecule is CC(C)(C)CC(C)(P)C(=O)Oc1ccc(C(C)(C)C)cc1. The highest BCUT2D eigenvalue weighted by atomic mass is 31.0. The Kier molecular flexibility index (Phi) is 5.26. The predicted octanol–water partition coefficient (Wildman–Crippen LogP) is 4.96. The van der Waals surface area contributed by atoms with Crippen molar-refractivity contribution in [2.45, 2.75) is 65.5 Å². The number of rotatable bonds is 3. The summed E-state index contributed by atoms with van der Waals surface area (Å²) in [6.45, 7) is 14.8. The van der Waals surface area contributed by atoms with Crippen molar-refractivity contribution in [2.24, 2.45) is 5.41 Å². The summed E-state index contributed by atoms with van der Waals surface area (Å²) in [5.41, 5.74) is 1.40. The second kappa shape index (κ2) is 6.08. The molecule has 0 N–H and O–H groups in total. The number of ether oxygens (including phenoxy) is 1. The minimum atomic E-state index is -0.569. The molecule has 3 heteroatoms. The zero-order valence-electron chi connectivity index (χ0n) is 14.4. The molecule has 1 aromatic rings. The first-order chi connectivity index (χ1) is 9.31. The lowest BCUT2D eigenvalue weighted by Gasteiger charge is -2.30. The largest absolute Gasteiger partial charge is 0.426 e. The van der Waals surface area contributed by atoms with Gasteiger partial charge < -0.3 is 4.74 Å². The standard InChI is InChI=1S/C18H29O2P/c1-16(2,3)12-18(7,21)15(19)20-14-10-8-13(9-11-14)17(4,5)6/h8-11H,12,21H2,1-7H3. The number of hydrogen-bond donors (Lipinski definition) is 0. The van der Waals surface area contributed by atoms with Crippen LogP contribution in [0.4, 0.5) is 0 Å². The van der Waals surface area contributed by atoms with Gasteiger partial charge in [-0.05, 0) is 41.9 Å². The van der Waals surface area contributed by atoms with Crippen molar-refractivity contribution >= 4 is 15.2 Å². The summed E-state index contributed by atoms with van der Waals surface area (Å²) >= 11 is 0. The molecule has 0 saturated carbocycles. The van der Waals surface area contributed by atoms with Crippen molar-refractivity contribution in [1.29, 1.82) is 0 Å². The molecule has 0 fully saturated rings. The Morgan fingerprint density at radius 2 is 1.48 bits per heavy atom. The van der Waals surface area contributed by atoms with Crippen LogP contribution in [0.3, 0.4) is 0 Å². The van der Waals surface area contributed by atoms with E-state index in [2.05, 4.69) is 50.8 Å². The van der Waals surface area contributed by atoms with Crippen molar-refractivity contribution in [3.63, 3.8) is 0 Å². The quantitative estimate of drug-likeness (QED) is 0.448. The summed E-state index contributed by atoms with van der Waals surface area (Å²) in [4.78, 5) is 12.4. The zero-order chi connectivity index (χ0) is 16.5. The third-order valence-corrected chi connectivity index (χ3v) is 3.73. The van der Waals surface area contributed by atoms with Crippen LogP contribution in [0.5, 0.6) is 5.75 Å². The Hall–Kier alpha value is -0.880. The van der Waals surface area contributed by atoms with Crippen LogP contribution in [-0.4, -0.2) is 11.1 Å². The van der Waals surface area contributed by atoms with Gasteiger partial charge in [-0.2, -0.15) is 0 Å². The molecule has 2 unspecified atom stereocenters. The molecule has 0 bridgehead atoms. The zero-order valence-corrected chi connectivity index (χ0v) is 15.6. The number of carbonyl (C=O) groups excluding carboxylic acids is 1. The van der Waals surface area contributed by atoms with Crippen LogP contribution < -0.4 is 4.74 Å². The first-order valence-electron chi connectivity index (χ1n) is 7.43. The van der Waals surface area contributed by atoms with Crippen LogP contribution in [0.15, 0.2) is 24.3 Å². The van der Waals surface area contributed by atoms with E-state index in [9.17, 15) is 4.79 Å². The Morgan fingerprint density at radius 3 is 1.86 bits per heavy atom. The van der Waals surface area contributed by atoms with Crippen molar-refractivity contribution < 1.29 is 9.53 Å². The van der Waals surface area contributed by atoms with Gasteiger partial charge in [-0.3, -0.25) is 4.79 Å². The maximum atomic E-state index is 12.4. The molecule has 0 saturated heterocycles. The van der Waals surface area contributed by atoms with E-state index in [4.69, 9.17) is 4.74 Å². The van der Waals surface area contributed by atoms with E-state index in [1.807, 2.05) is 31.2 Å². The first-order valence-corrected chi connectivity index (χ1v) is 8.01. The van der Waals surface area contributed by atoms with Crippen molar-refractivity contribution in [3.8, 4) is 5.75 Å². The molecule has 1 rings (SSSR count). The molecular formula is C18H29O2P. The van der Waals surface area contributed by atoms with Crippen LogP contribution in [-0.2, 0) is 10.2 Å². The fraction of sp³-hybridized carbons (Fsp3) is 0.611. The maximum Gasteiger partial charge on any atom is 0.321 e. The molecule has 1 aromatic carbocycles. The van der Waals surface area contributed by atoms with E-state index in [1.54, 1.807) is 0 Å². The molecule has 21 heavy (non-hydrogen) atoms. The number of esters is 1. The highest BCUT2D eigenvalue weighted by Gasteiger charge is 2.34. The summed E-state index contributed by atoms with van der Waals surface area (Å²) in [6, 6.07) is 7.78. The number of benzene rings is 1. The number of carbonyl (C=O) groups is 1. The first kappa shape index (κ1) is 18.2. The van der Waals surface area contributed by atoms with Crippen LogP contribution in [0, 0.1) is 5.41 Å². The van der Waals surface area contributed by atoms with Gasteiger partial charge in [0.25, 0.3) is 0 Å². The normalized spacial score (nSPS) is 15.4. The molecule has 0 aliphatic rings. The molecule has 0 radical (unpaired) electrons. The van der Waals surface area contributed by atoms with Crippen LogP contribution in [0.25, 0.3) is 0 Å². The van der Waals surface area contributed by atoms with E-state index in [0.29, 0.717) is 5.75 Å². The highest BCUT2D eigenvalue weighted by Crippen LogP contribution is 2.35. The fourth-order valence-corrected chi connectivity index (χ4v) is 3.09. The van der Waals surface area contributed by atoms with Gasteiger partial charge in [-0.25, -0.2) is 0 Å². The molecule has 2 nitrogen and oxygen atoms in total. The molecule has 0 aliphatic carbocycles. The van der Waals surface area contributed by atoms with Gasteiger partial charge in [0.1, 0.15) is 5.75 Å². The van der Waals surface area contributed by atoms with Crippen molar-refractivity contribution in [1.82, 2.24) is 0 Å². The lowest BCUT2D eigenvalue weighted by Crippen LogP contribution is -2.36. The molecule has 118 valence electrons. The van der Waals surface area contributed by atoms with Crippen LogP contribution >= 0.6 is 9.24 Å². The lowest BCUT2D eigenvalue weighted by atomic mass is 9.85. The Balaban J connectivity index is 2.79. The molecule has 0 aliphatic heterocycles. The molecule has 0 amide bonds. The predicted molar refractivity (Wildman–Crippen MR) is 93.0 cm³/mol. The summed E-state index contributed by atoms with van der Waals surface area (Å²) in [5.74, 6) is 0.404. The second-order valence-electron chi connectivity index (χ2n) is 8.32. The third kappa shape index (κ3) is 5.79. The van der Waals surface area contributed by atoms with E-state index in [-0.39, 0.29) is 16.8 Å². The number of hydrogen-bond acceptors (Lipinski definition) is 2. The fourth-order valence-electron chi connectivity index (χ4n) is 2.42. The molecule has 2 atom stereocenters. The minimum Gasteiger partial charge on any atom is -0.426 e. The van der Waals surface area contributed by atoms with Crippen LogP contribution in [0.1, 0.15) is 60.5 Å². The Bertz CT molecular complexity index is 487. The summed E-state index contributed by atoms with van der Waals surface area (Å²) in [5, 5.41) is -0.569. The van der Waals surface area contributed by atoms with Crippen molar-refractivity contribution in [2.75, 3.05) is 0 Å². The average molecular weight is 308 g/mol. The van der Waals surface area contributed by atoms with E-state index in [1.165, 1.54) is 5.56 Å². The second-order valence-corrected chi connectivity index (χ2v) is 9.59. The van der Waals surface area contributed by atoms with Gasteiger partial charge in [0.2, 0.25) is 0 Å². The Labute approximate surface area is 131 Å². The molecule has 0 spiro atoms. The highest BCUT2D eigenvalue weighted by molar-refractivity contribution is 7.20. The summed E-state index contributed by atoms with van der Waals surface area (Å²) in [6.07, 6.45) is 0.754. The van der Waals surface area contributed by atoms with E-state index >= 15 is 0 Å². The van der Waals surface area contributed by atoms with Crippen LogP contribution in [0.2, 0.25) is 0 Å². The van der Waals surface area contributed by atoms with Gasteiger partial charge in [0.15, 0.2) is 0 Å². The van der Waals surface area contributed by atoms with Crippen molar-refractivity contribution in [3.05, 3.63) is 29.8 Å². The van der Waals surface area contributed by atoms with Gasteiger partial charge in [0.05, 0.1) is 5.16 Å². The monoisotopic (exact) mass is 308 g/mol. The summed E-state index contributed by atoms with van der Waals surface area (Å²) in [7, 11) is 2.64. The van der Waals surface area contributed by atoms with Gasteiger partial charge in [0, 0.05) is 0 Å². The average Bonchev–Trinajstić information content (AvgIpc) is 2.25. The minimum absolute atomic E-state index is 0.0750. The molecular weight excluding hydrogens is 279 g/mol. The Morgan fingerprint density at radius 1 is 1.00 bits per heavy atom. The third-order valence-electron chi connectivity index (χ3n) is 3.29. The molecule has 0 heterocycles. The van der Waals surface area contributed by atoms with Gasteiger partial charge in [-0.1, -0.05) is 53.7 Å². The maximum absolute atomic E-state index is 12.4. The lowest BCUT2D eigenvalue weighted by molar-refractivity contribution is -0.137. The van der Waals surface area contributed by atoms with E-state index in [0.717, 1.165) is 6.42 Å². The van der Waals surface area contributed by atoms with E-state index < -0.39 is 5.16 Å². The molecule has 0 aromatic heterocycles. The topological polar surface area (TPSA) is 26.3 Å². The van der Waals surface area contributed by atoms with Gasteiger partial charge >= 0.3 is 5.97 Å². The summed E-state index contributed by atoms with van der Waals surface area (Å²) < 4.78 is 5.53. The van der Waals surface area contributed by atoms with Gasteiger partial charge in [-0.15, -0.1) is 9.24 Å².